The summed E-state index contributed by atoms with van der Waals surface area (Å²) in [5, 5.41) is 9.20. The lowest BCUT2D eigenvalue weighted by Gasteiger charge is -2.35. The lowest BCUT2D eigenvalue weighted by atomic mass is 9.78. The van der Waals surface area contributed by atoms with E-state index in [9.17, 15) is 14.7 Å². The third-order valence-electron chi connectivity index (χ3n) is 3.55. The van der Waals surface area contributed by atoms with Gasteiger partial charge in [-0.3, -0.25) is 9.59 Å². The van der Waals surface area contributed by atoms with Crippen LogP contribution in [-0.2, 0) is 14.9 Å². The zero-order valence-corrected chi connectivity index (χ0v) is 11.4. The number of aliphatic carboxylic acids is 1. The monoisotopic (exact) mass is 262 g/mol. The molecule has 0 unspecified atom stereocenters. The van der Waals surface area contributed by atoms with Crippen molar-refractivity contribution in [3.63, 3.8) is 0 Å². The number of carboxylic acids is 1. The second-order valence-electron chi connectivity index (χ2n) is 6.04. The summed E-state index contributed by atoms with van der Waals surface area (Å²) >= 11 is 0. The smallest absolute Gasteiger partial charge is 0.322 e. The van der Waals surface area contributed by atoms with E-state index in [4.69, 9.17) is 4.74 Å². The van der Waals surface area contributed by atoms with Crippen molar-refractivity contribution < 1.29 is 19.4 Å². The minimum absolute atomic E-state index is 0.00560. The third kappa shape index (κ3) is 2.28. The maximum atomic E-state index is 12.3. The first kappa shape index (κ1) is 13.7. The highest BCUT2D eigenvalue weighted by Gasteiger charge is 2.53. The van der Waals surface area contributed by atoms with Gasteiger partial charge < -0.3 is 9.84 Å². The number of carbonyl (C=O) groups excluding carboxylic acids is 1. The Morgan fingerprint density at radius 2 is 1.68 bits per heavy atom. The van der Waals surface area contributed by atoms with Crippen LogP contribution in [0.25, 0.3) is 0 Å². The van der Waals surface area contributed by atoms with Crippen molar-refractivity contribution in [2.45, 2.75) is 26.2 Å². The van der Waals surface area contributed by atoms with Crippen molar-refractivity contribution in [1.29, 1.82) is 0 Å². The van der Waals surface area contributed by atoms with Gasteiger partial charge in [-0.1, -0.05) is 45.0 Å². The van der Waals surface area contributed by atoms with Crippen LogP contribution in [0, 0.1) is 5.41 Å². The molecule has 1 aromatic carbocycles. The number of carbonyl (C=O) groups is 2. The van der Waals surface area contributed by atoms with Crippen molar-refractivity contribution in [3.8, 4) is 0 Å². The molecule has 0 saturated carbocycles. The third-order valence-corrected chi connectivity index (χ3v) is 3.55. The van der Waals surface area contributed by atoms with Gasteiger partial charge in [-0.25, -0.2) is 0 Å². The Labute approximate surface area is 112 Å². The highest BCUT2D eigenvalue weighted by molar-refractivity contribution is 6.13. The van der Waals surface area contributed by atoms with Crippen molar-refractivity contribution in [2.24, 2.45) is 5.41 Å². The van der Waals surface area contributed by atoms with Gasteiger partial charge in [0.05, 0.1) is 13.2 Å². The van der Waals surface area contributed by atoms with E-state index in [-0.39, 0.29) is 24.4 Å². The molecule has 4 nitrogen and oxygen atoms in total. The van der Waals surface area contributed by atoms with Crippen LogP contribution in [-0.4, -0.2) is 30.1 Å². The zero-order chi connectivity index (χ0) is 14.3. The van der Waals surface area contributed by atoms with Gasteiger partial charge in [0, 0.05) is 5.56 Å². The molecule has 1 aliphatic rings. The molecule has 0 atom stereocenters. The fourth-order valence-electron chi connectivity index (χ4n) is 2.06. The summed E-state index contributed by atoms with van der Waals surface area (Å²) < 4.78 is 4.92. The van der Waals surface area contributed by atoms with Crippen LogP contribution < -0.4 is 0 Å². The molecule has 1 saturated heterocycles. The molecule has 0 aliphatic carbocycles. The number of Topliss-reactive ketones (excluding diaryl/α,β-unsaturated/α-hetero) is 1. The number of rotatable bonds is 3. The first-order valence-electron chi connectivity index (χ1n) is 6.24. The highest BCUT2D eigenvalue weighted by Crippen LogP contribution is 2.32. The fraction of sp³-hybridized carbons (Fsp3) is 0.467. The predicted molar refractivity (Wildman–Crippen MR) is 70.4 cm³/mol. The molecule has 1 aromatic rings. The molecular formula is C15H18O4. The van der Waals surface area contributed by atoms with Crippen molar-refractivity contribution >= 4 is 11.8 Å². The standard InChI is InChI=1S/C15H18O4/c1-14(2,3)11-6-4-10(5-7-11)12(16)15(13(17)18)8-19-9-15/h4-7H,8-9H2,1-3H3,(H,17,18). The Kier molecular flexibility index (Phi) is 3.22. The van der Waals surface area contributed by atoms with E-state index in [0.29, 0.717) is 5.56 Å². The van der Waals surface area contributed by atoms with E-state index >= 15 is 0 Å². The molecule has 0 spiro atoms. The molecule has 0 bridgehead atoms. The summed E-state index contributed by atoms with van der Waals surface area (Å²) in [6.07, 6.45) is 0. The SMILES string of the molecule is CC(C)(C)c1ccc(C(=O)C2(C(=O)O)COC2)cc1. The first-order chi connectivity index (χ1) is 8.77. The number of benzene rings is 1. The number of hydrogen-bond donors (Lipinski definition) is 1. The minimum atomic E-state index is -1.39. The van der Waals surface area contributed by atoms with Crippen molar-refractivity contribution in [1.82, 2.24) is 0 Å². The molecule has 0 aromatic heterocycles. The summed E-state index contributed by atoms with van der Waals surface area (Å²) in [5.41, 5.74) is 0.159. The molecule has 1 heterocycles. The molecule has 19 heavy (non-hydrogen) atoms. The fourth-order valence-corrected chi connectivity index (χ4v) is 2.06. The molecule has 1 N–H and O–H groups in total. The quantitative estimate of drug-likeness (QED) is 0.670. The van der Waals surface area contributed by atoms with Gasteiger partial charge >= 0.3 is 5.97 Å². The van der Waals surface area contributed by atoms with Gasteiger partial charge in [-0.15, -0.1) is 0 Å². The van der Waals surface area contributed by atoms with Crippen LogP contribution in [0.3, 0.4) is 0 Å². The van der Waals surface area contributed by atoms with Gasteiger partial charge in [0.15, 0.2) is 11.2 Å². The Balaban J connectivity index is 2.28. The molecule has 4 heteroatoms. The Bertz CT molecular complexity index is 504. The zero-order valence-electron chi connectivity index (χ0n) is 11.4. The number of ether oxygens (including phenoxy) is 1. The van der Waals surface area contributed by atoms with Gasteiger partial charge in [0.25, 0.3) is 0 Å². The molecule has 102 valence electrons. The molecule has 1 aliphatic heterocycles. The Morgan fingerprint density at radius 3 is 2.00 bits per heavy atom. The second-order valence-corrected chi connectivity index (χ2v) is 6.04. The minimum Gasteiger partial charge on any atom is -0.480 e. The highest BCUT2D eigenvalue weighted by atomic mass is 16.5. The normalized spacial score (nSPS) is 17.6. The van der Waals surface area contributed by atoms with E-state index in [1.807, 2.05) is 12.1 Å². The van der Waals surface area contributed by atoms with E-state index in [2.05, 4.69) is 20.8 Å². The average Bonchev–Trinajstić information content (AvgIpc) is 2.25. The van der Waals surface area contributed by atoms with Gasteiger partial charge in [0.2, 0.25) is 0 Å². The molecule has 0 amide bonds. The van der Waals surface area contributed by atoms with Gasteiger partial charge in [-0.05, 0) is 11.0 Å². The maximum absolute atomic E-state index is 12.3. The maximum Gasteiger partial charge on any atom is 0.322 e. The Hall–Kier alpha value is -1.68. The van der Waals surface area contributed by atoms with Gasteiger partial charge in [0.1, 0.15) is 0 Å². The summed E-state index contributed by atoms with van der Waals surface area (Å²) in [7, 11) is 0. The topological polar surface area (TPSA) is 63.6 Å². The summed E-state index contributed by atoms with van der Waals surface area (Å²) in [4.78, 5) is 23.5. The molecular weight excluding hydrogens is 244 g/mol. The first-order valence-corrected chi connectivity index (χ1v) is 6.24. The van der Waals surface area contributed by atoms with Crippen LogP contribution in [0.15, 0.2) is 24.3 Å². The summed E-state index contributed by atoms with van der Waals surface area (Å²) in [5.74, 6) is -1.48. The molecule has 0 radical (unpaired) electrons. The molecule has 2 rings (SSSR count). The number of ketones is 1. The lowest BCUT2D eigenvalue weighted by molar-refractivity contribution is -0.168. The van der Waals surface area contributed by atoms with Crippen molar-refractivity contribution in [2.75, 3.05) is 13.2 Å². The lowest BCUT2D eigenvalue weighted by Crippen LogP contribution is -2.54. The van der Waals surface area contributed by atoms with Crippen LogP contribution in [0.5, 0.6) is 0 Å². The molecule has 1 fully saturated rings. The Morgan fingerprint density at radius 1 is 1.16 bits per heavy atom. The largest absolute Gasteiger partial charge is 0.480 e. The van der Waals surface area contributed by atoms with E-state index in [1.165, 1.54) is 0 Å². The van der Waals surface area contributed by atoms with E-state index in [0.717, 1.165) is 5.56 Å². The van der Waals surface area contributed by atoms with E-state index < -0.39 is 11.4 Å². The predicted octanol–water partition coefficient (Wildman–Crippen LogP) is 2.27. The van der Waals surface area contributed by atoms with Crippen LogP contribution in [0.4, 0.5) is 0 Å². The van der Waals surface area contributed by atoms with Crippen molar-refractivity contribution in [3.05, 3.63) is 35.4 Å². The van der Waals surface area contributed by atoms with Crippen LogP contribution in [0.2, 0.25) is 0 Å². The number of hydrogen-bond acceptors (Lipinski definition) is 3. The summed E-state index contributed by atoms with van der Waals surface area (Å²) in [6, 6.07) is 7.16. The summed E-state index contributed by atoms with van der Waals surface area (Å²) in [6.45, 7) is 6.18. The van der Waals surface area contributed by atoms with Crippen LogP contribution in [0.1, 0.15) is 36.7 Å². The number of carboxylic acid groups (broad SMARTS) is 1. The average molecular weight is 262 g/mol. The van der Waals surface area contributed by atoms with Gasteiger partial charge in [-0.2, -0.15) is 0 Å². The second kappa shape index (κ2) is 4.46. The van der Waals surface area contributed by atoms with Crippen LogP contribution >= 0.6 is 0 Å². The van der Waals surface area contributed by atoms with E-state index in [1.54, 1.807) is 12.1 Å².